The summed E-state index contributed by atoms with van der Waals surface area (Å²) in [6.07, 6.45) is 26.5. The van der Waals surface area contributed by atoms with Gasteiger partial charge in [0, 0.05) is 0 Å². The van der Waals surface area contributed by atoms with Gasteiger partial charge in [0.25, 0.3) is 0 Å². The molecule has 0 saturated heterocycles. The summed E-state index contributed by atoms with van der Waals surface area (Å²) in [5, 5.41) is -0.0929. The van der Waals surface area contributed by atoms with Crippen LogP contribution in [0.15, 0.2) is 0 Å². The molecule has 0 aromatic carbocycles. The van der Waals surface area contributed by atoms with Crippen molar-refractivity contribution in [1.29, 1.82) is 0 Å². The van der Waals surface area contributed by atoms with Crippen molar-refractivity contribution in [1.82, 2.24) is 0 Å². The maximum atomic E-state index is 13.6. The Balaban J connectivity index is 1.97. The third-order valence-corrected chi connectivity index (χ3v) is 9.83. The minimum atomic E-state index is -2.96. The molecule has 0 aromatic rings. The second-order valence-electron chi connectivity index (χ2n) is 9.35. The molecule has 0 aromatic heterocycles. The molecule has 0 aliphatic heterocycles. The fourth-order valence-electron chi connectivity index (χ4n) is 5.18. The lowest BCUT2D eigenvalue weighted by molar-refractivity contribution is 0.467. The highest BCUT2D eigenvalue weighted by molar-refractivity contribution is 7.92. The molecule has 2 aliphatic rings. The smallest absolute Gasteiger partial charge is 0.156 e. The molecule has 3 heteroatoms. The highest BCUT2D eigenvalue weighted by Gasteiger charge is 2.32. The van der Waals surface area contributed by atoms with Gasteiger partial charge in [-0.3, -0.25) is 0 Å². The Morgan fingerprint density at radius 1 is 0.333 bits per heavy atom. The van der Waals surface area contributed by atoms with Crippen LogP contribution in [0.1, 0.15) is 141 Å². The Kier molecular flexibility index (Phi) is 12.1. The second-order valence-corrected chi connectivity index (χ2v) is 11.9. The lowest BCUT2D eigenvalue weighted by Gasteiger charge is -2.25. The van der Waals surface area contributed by atoms with E-state index >= 15 is 0 Å². The molecule has 2 aliphatic carbocycles. The van der Waals surface area contributed by atoms with Crippen molar-refractivity contribution in [2.75, 3.05) is 0 Å². The molecule has 0 bridgehead atoms. The van der Waals surface area contributed by atoms with Gasteiger partial charge in [-0.2, -0.15) is 0 Å². The molecule has 2 rings (SSSR count). The van der Waals surface area contributed by atoms with E-state index in [1.165, 1.54) is 89.9 Å². The van der Waals surface area contributed by atoms with E-state index in [9.17, 15) is 8.42 Å². The number of rotatable bonds is 2. The van der Waals surface area contributed by atoms with Gasteiger partial charge in [0.2, 0.25) is 0 Å². The average Bonchev–Trinajstić information content (AvgIpc) is 2.62. The molecule has 27 heavy (non-hydrogen) atoms. The van der Waals surface area contributed by atoms with Crippen molar-refractivity contribution in [3.8, 4) is 0 Å². The van der Waals surface area contributed by atoms with Gasteiger partial charge in [0.05, 0.1) is 10.5 Å². The minimum Gasteiger partial charge on any atom is -0.228 e. The Morgan fingerprint density at radius 3 is 0.741 bits per heavy atom. The highest BCUT2D eigenvalue weighted by Crippen LogP contribution is 2.29. The van der Waals surface area contributed by atoms with Gasteiger partial charge < -0.3 is 0 Å². The van der Waals surface area contributed by atoms with Gasteiger partial charge in [0.1, 0.15) is 0 Å². The summed E-state index contributed by atoms with van der Waals surface area (Å²) in [5.74, 6) is 0. The standard InChI is InChI=1S/C24H46O2S/c25-27(26,23-19-15-11-7-3-1-4-8-12-16-20-23)24-21-17-13-9-5-2-6-10-14-18-22-24/h23-24H,1-22H2. The average molecular weight is 399 g/mol. The molecule has 160 valence electrons. The third kappa shape index (κ3) is 9.33. The summed E-state index contributed by atoms with van der Waals surface area (Å²) in [6, 6.07) is 0. The zero-order valence-electron chi connectivity index (χ0n) is 17.9. The summed E-state index contributed by atoms with van der Waals surface area (Å²) in [6.45, 7) is 0. The van der Waals surface area contributed by atoms with Crippen molar-refractivity contribution >= 4 is 9.84 Å². The van der Waals surface area contributed by atoms with E-state index < -0.39 is 9.84 Å². The van der Waals surface area contributed by atoms with Gasteiger partial charge in [-0.05, 0) is 25.7 Å². The van der Waals surface area contributed by atoms with E-state index in [4.69, 9.17) is 0 Å². The normalized spacial score (nSPS) is 25.5. The van der Waals surface area contributed by atoms with Crippen LogP contribution in [0.4, 0.5) is 0 Å². The first-order chi connectivity index (χ1) is 13.2. The molecular weight excluding hydrogens is 352 g/mol. The van der Waals surface area contributed by atoms with Gasteiger partial charge in [-0.15, -0.1) is 0 Å². The fraction of sp³-hybridized carbons (Fsp3) is 1.00. The lowest BCUT2D eigenvalue weighted by atomic mass is 10.0. The van der Waals surface area contributed by atoms with E-state index in [-0.39, 0.29) is 10.5 Å². The van der Waals surface area contributed by atoms with Gasteiger partial charge in [-0.25, -0.2) is 8.42 Å². The van der Waals surface area contributed by atoms with Crippen molar-refractivity contribution in [3.05, 3.63) is 0 Å². The molecule has 2 fully saturated rings. The molecule has 2 saturated carbocycles. The zero-order valence-corrected chi connectivity index (χ0v) is 18.8. The molecule has 2 nitrogen and oxygen atoms in total. The summed E-state index contributed by atoms with van der Waals surface area (Å²) >= 11 is 0. The summed E-state index contributed by atoms with van der Waals surface area (Å²) < 4.78 is 27.1. The first-order valence-corrected chi connectivity index (χ1v) is 14.0. The molecular formula is C24H46O2S. The zero-order chi connectivity index (χ0) is 19.2. The van der Waals surface area contributed by atoms with Crippen LogP contribution in [0.3, 0.4) is 0 Å². The third-order valence-electron chi connectivity index (χ3n) is 7.03. The predicted molar refractivity (Wildman–Crippen MR) is 118 cm³/mol. The van der Waals surface area contributed by atoms with Crippen molar-refractivity contribution in [2.24, 2.45) is 0 Å². The van der Waals surface area contributed by atoms with Crippen LogP contribution in [0.2, 0.25) is 0 Å². The monoisotopic (exact) mass is 398 g/mol. The molecule has 0 N–H and O–H groups in total. The van der Waals surface area contributed by atoms with E-state index in [1.807, 2.05) is 0 Å². The predicted octanol–water partition coefficient (Wildman–Crippen LogP) is 7.75. The molecule has 0 spiro atoms. The molecule has 0 atom stereocenters. The topological polar surface area (TPSA) is 34.1 Å². The second kappa shape index (κ2) is 14.0. The van der Waals surface area contributed by atoms with Crippen molar-refractivity contribution in [2.45, 2.75) is 152 Å². The maximum absolute atomic E-state index is 13.6. The molecule has 0 heterocycles. The quantitative estimate of drug-likeness (QED) is 0.476. The first-order valence-electron chi connectivity index (χ1n) is 12.4. The summed E-state index contributed by atoms with van der Waals surface area (Å²) in [4.78, 5) is 0. The van der Waals surface area contributed by atoms with E-state index in [2.05, 4.69) is 0 Å². The van der Waals surface area contributed by atoms with Crippen molar-refractivity contribution < 1.29 is 8.42 Å². The van der Waals surface area contributed by atoms with Gasteiger partial charge in [0.15, 0.2) is 9.84 Å². The van der Waals surface area contributed by atoms with Crippen LogP contribution in [-0.4, -0.2) is 18.9 Å². The molecule has 0 unspecified atom stereocenters. The fourth-order valence-corrected chi connectivity index (χ4v) is 7.71. The van der Waals surface area contributed by atoms with Crippen LogP contribution < -0.4 is 0 Å². The van der Waals surface area contributed by atoms with Crippen molar-refractivity contribution in [3.63, 3.8) is 0 Å². The number of hydrogen-bond acceptors (Lipinski definition) is 2. The maximum Gasteiger partial charge on any atom is 0.156 e. The van der Waals surface area contributed by atoms with E-state index in [0.29, 0.717) is 0 Å². The van der Waals surface area contributed by atoms with Crippen LogP contribution >= 0.6 is 0 Å². The largest absolute Gasteiger partial charge is 0.228 e. The SMILES string of the molecule is O=S(=O)(C1CCCCCCCCCCC1)C1CCCCCCCCCCC1. The lowest BCUT2D eigenvalue weighted by Crippen LogP contribution is -2.32. The van der Waals surface area contributed by atoms with Crippen LogP contribution in [0, 0.1) is 0 Å². The Bertz CT molecular complexity index is 397. The Hall–Kier alpha value is -0.0500. The first kappa shape index (κ1) is 23.2. The van der Waals surface area contributed by atoms with Gasteiger partial charge >= 0.3 is 0 Å². The Morgan fingerprint density at radius 2 is 0.519 bits per heavy atom. The highest BCUT2D eigenvalue weighted by atomic mass is 32.2. The van der Waals surface area contributed by atoms with Crippen LogP contribution in [0.25, 0.3) is 0 Å². The minimum absolute atomic E-state index is 0.0465. The molecule has 0 radical (unpaired) electrons. The summed E-state index contributed by atoms with van der Waals surface area (Å²) in [5.41, 5.74) is 0. The summed E-state index contributed by atoms with van der Waals surface area (Å²) in [7, 11) is -2.96. The number of hydrogen-bond donors (Lipinski definition) is 0. The van der Waals surface area contributed by atoms with E-state index in [1.54, 1.807) is 0 Å². The number of sulfone groups is 1. The van der Waals surface area contributed by atoms with Crippen LogP contribution in [-0.2, 0) is 9.84 Å². The Labute approximate surface area is 170 Å². The van der Waals surface area contributed by atoms with Crippen LogP contribution in [0.5, 0.6) is 0 Å². The molecule has 0 amide bonds. The van der Waals surface area contributed by atoms with E-state index in [0.717, 1.165) is 51.4 Å². The van der Waals surface area contributed by atoms with Gasteiger partial charge in [-0.1, -0.05) is 116 Å².